The van der Waals surface area contributed by atoms with Gasteiger partial charge in [0.15, 0.2) is 0 Å². The van der Waals surface area contributed by atoms with Gasteiger partial charge in [-0.05, 0) is 19.1 Å². The highest BCUT2D eigenvalue weighted by atomic mass is 35.5. The Kier molecular flexibility index (Phi) is 4.30. The summed E-state index contributed by atoms with van der Waals surface area (Å²) in [7, 11) is 0. The van der Waals surface area contributed by atoms with Crippen LogP contribution in [-0.4, -0.2) is 17.7 Å². The van der Waals surface area contributed by atoms with Gasteiger partial charge in [-0.1, -0.05) is 31.5 Å². The molecule has 0 aliphatic heterocycles. The Morgan fingerprint density at radius 2 is 2.12 bits per heavy atom. The fraction of sp³-hybridized carbons (Fsp3) is 0.500. The van der Waals surface area contributed by atoms with Crippen molar-refractivity contribution >= 4 is 11.6 Å². The van der Waals surface area contributed by atoms with Crippen LogP contribution in [0.2, 0.25) is 5.02 Å². The molecule has 0 saturated carbocycles. The molecule has 0 spiro atoms. The average molecular weight is 246 g/mol. The van der Waals surface area contributed by atoms with Crippen molar-refractivity contribution in [3.63, 3.8) is 0 Å². The second-order valence-electron chi connectivity index (χ2n) is 4.43. The van der Waals surface area contributed by atoms with E-state index in [0.29, 0.717) is 11.6 Å². The number of nitrogens with one attached hydrogen (secondary N) is 1. The molecule has 1 aromatic rings. The molecular weight excluding hydrogens is 229 g/mol. The van der Waals surface area contributed by atoms with Gasteiger partial charge < -0.3 is 10.4 Å². The Labute approximate surface area is 100 Å². The number of hydrogen-bond acceptors (Lipinski definition) is 2. The molecule has 4 heteroatoms. The van der Waals surface area contributed by atoms with E-state index >= 15 is 0 Å². The monoisotopic (exact) mass is 245 g/mol. The molecular formula is C12H17ClFNO. The van der Waals surface area contributed by atoms with Crippen molar-refractivity contribution < 1.29 is 9.50 Å². The maximum Gasteiger partial charge on any atom is 0.130 e. The van der Waals surface area contributed by atoms with Crippen LogP contribution < -0.4 is 5.32 Å². The number of hydrogen-bond donors (Lipinski definition) is 2. The Morgan fingerprint density at radius 1 is 1.50 bits per heavy atom. The Morgan fingerprint density at radius 3 is 2.62 bits per heavy atom. The zero-order chi connectivity index (χ0) is 12.3. The van der Waals surface area contributed by atoms with Crippen molar-refractivity contribution in [3.05, 3.63) is 34.6 Å². The van der Waals surface area contributed by atoms with Gasteiger partial charge in [0.25, 0.3) is 0 Å². The molecule has 0 heterocycles. The fourth-order valence-corrected chi connectivity index (χ4v) is 1.58. The molecule has 0 aliphatic carbocycles. The second-order valence-corrected chi connectivity index (χ2v) is 4.87. The summed E-state index contributed by atoms with van der Waals surface area (Å²) >= 11 is 5.66. The SMILES string of the molecule is CC(C)NCC(C)(O)c1ccc(Cl)cc1F. The van der Waals surface area contributed by atoms with Crippen LogP contribution in [0.1, 0.15) is 26.3 Å². The first kappa shape index (κ1) is 13.4. The normalized spacial score (nSPS) is 15.2. The minimum atomic E-state index is -1.24. The third-order valence-electron chi connectivity index (χ3n) is 2.37. The minimum Gasteiger partial charge on any atom is -0.384 e. The lowest BCUT2D eigenvalue weighted by Gasteiger charge is -2.26. The van der Waals surface area contributed by atoms with Gasteiger partial charge in [-0.3, -0.25) is 0 Å². The van der Waals surface area contributed by atoms with Gasteiger partial charge >= 0.3 is 0 Å². The van der Waals surface area contributed by atoms with Gasteiger partial charge in [-0.25, -0.2) is 4.39 Å². The van der Waals surface area contributed by atoms with Crippen molar-refractivity contribution in [2.75, 3.05) is 6.54 Å². The summed E-state index contributed by atoms with van der Waals surface area (Å²) < 4.78 is 13.6. The first-order valence-electron chi connectivity index (χ1n) is 5.24. The summed E-state index contributed by atoms with van der Waals surface area (Å²) in [6.45, 7) is 5.81. The molecule has 2 N–H and O–H groups in total. The Hall–Kier alpha value is -0.640. The standard InChI is InChI=1S/C12H17ClFNO/c1-8(2)15-7-12(3,16)10-5-4-9(13)6-11(10)14/h4-6,8,15-16H,7H2,1-3H3. The number of rotatable bonds is 4. The first-order chi connectivity index (χ1) is 7.33. The fourth-order valence-electron chi connectivity index (χ4n) is 1.42. The van der Waals surface area contributed by atoms with Crippen LogP contribution in [0.25, 0.3) is 0 Å². The van der Waals surface area contributed by atoms with Gasteiger partial charge in [-0.2, -0.15) is 0 Å². The third kappa shape index (κ3) is 3.44. The maximum absolute atomic E-state index is 13.6. The van der Waals surface area contributed by atoms with Crippen molar-refractivity contribution in [2.45, 2.75) is 32.4 Å². The number of aliphatic hydroxyl groups is 1. The van der Waals surface area contributed by atoms with Gasteiger partial charge in [0, 0.05) is 23.2 Å². The van der Waals surface area contributed by atoms with Crippen LogP contribution in [0.15, 0.2) is 18.2 Å². The molecule has 0 aromatic heterocycles. The van der Waals surface area contributed by atoms with E-state index in [2.05, 4.69) is 5.32 Å². The maximum atomic E-state index is 13.6. The van der Waals surface area contributed by atoms with Gasteiger partial charge in [-0.15, -0.1) is 0 Å². The van der Waals surface area contributed by atoms with Crippen LogP contribution in [0.4, 0.5) is 4.39 Å². The van der Waals surface area contributed by atoms with E-state index in [4.69, 9.17) is 11.6 Å². The molecule has 1 rings (SSSR count). The smallest absolute Gasteiger partial charge is 0.130 e. The molecule has 2 nitrogen and oxygen atoms in total. The van der Waals surface area contributed by atoms with Crippen LogP contribution in [-0.2, 0) is 5.60 Å². The molecule has 0 aliphatic rings. The topological polar surface area (TPSA) is 32.3 Å². The predicted molar refractivity (Wildman–Crippen MR) is 64.1 cm³/mol. The molecule has 1 aromatic carbocycles. The minimum absolute atomic E-state index is 0.238. The van der Waals surface area contributed by atoms with Crippen molar-refractivity contribution in [2.24, 2.45) is 0 Å². The van der Waals surface area contributed by atoms with Crippen LogP contribution in [0.3, 0.4) is 0 Å². The molecule has 0 amide bonds. The van der Waals surface area contributed by atoms with Gasteiger partial charge in [0.1, 0.15) is 11.4 Å². The zero-order valence-electron chi connectivity index (χ0n) is 9.72. The van der Waals surface area contributed by atoms with Crippen molar-refractivity contribution in [3.8, 4) is 0 Å². The van der Waals surface area contributed by atoms with E-state index in [1.807, 2.05) is 13.8 Å². The summed E-state index contributed by atoms with van der Waals surface area (Å²) in [5.74, 6) is -0.483. The summed E-state index contributed by atoms with van der Waals surface area (Å²) in [6, 6.07) is 4.53. The van der Waals surface area contributed by atoms with Gasteiger partial charge in [0.05, 0.1) is 0 Å². The molecule has 0 saturated heterocycles. The largest absolute Gasteiger partial charge is 0.384 e. The highest BCUT2D eigenvalue weighted by Crippen LogP contribution is 2.25. The van der Waals surface area contributed by atoms with Crippen molar-refractivity contribution in [1.82, 2.24) is 5.32 Å². The van der Waals surface area contributed by atoms with E-state index < -0.39 is 11.4 Å². The highest BCUT2D eigenvalue weighted by molar-refractivity contribution is 6.30. The Bertz CT molecular complexity index is 366. The molecule has 1 unspecified atom stereocenters. The van der Waals surface area contributed by atoms with E-state index in [0.717, 1.165) is 0 Å². The summed E-state index contributed by atoms with van der Waals surface area (Å²) in [4.78, 5) is 0. The predicted octanol–water partition coefficient (Wildman–Crippen LogP) is 2.68. The molecule has 1 atom stereocenters. The third-order valence-corrected chi connectivity index (χ3v) is 2.60. The molecule has 0 bridgehead atoms. The summed E-state index contributed by atoms with van der Waals surface area (Å²) in [5.41, 5.74) is -0.982. The zero-order valence-corrected chi connectivity index (χ0v) is 10.5. The number of benzene rings is 1. The summed E-state index contributed by atoms with van der Waals surface area (Å²) in [6.07, 6.45) is 0. The lowest BCUT2D eigenvalue weighted by Crippen LogP contribution is -2.39. The van der Waals surface area contributed by atoms with E-state index in [1.54, 1.807) is 13.0 Å². The Balaban J connectivity index is 2.88. The quantitative estimate of drug-likeness (QED) is 0.855. The van der Waals surface area contributed by atoms with E-state index in [9.17, 15) is 9.50 Å². The lowest BCUT2D eigenvalue weighted by molar-refractivity contribution is 0.0513. The number of halogens is 2. The van der Waals surface area contributed by atoms with Crippen LogP contribution in [0, 0.1) is 5.82 Å². The molecule has 90 valence electrons. The molecule has 0 fully saturated rings. The van der Waals surface area contributed by atoms with E-state index in [1.165, 1.54) is 12.1 Å². The molecule has 16 heavy (non-hydrogen) atoms. The van der Waals surface area contributed by atoms with Gasteiger partial charge in [0.2, 0.25) is 0 Å². The van der Waals surface area contributed by atoms with E-state index in [-0.39, 0.29) is 11.6 Å². The average Bonchev–Trinajstić information content (AvgIpc) is 2.14. The molecule has 0 radical (unpaired) electrons. The lowest BCUT2D eigenvalue weighted by atomic mass is 9.95. The van der Waals surface area contributed by atoms with Crippen LogP contribution in [0.5, 0.6) is 0 Å². The first-order valence-corrected chi connectivity index (χ1v) is 5.62. The van der Waals surface area contributed by atoms with Crippen LogP contribution >= 0.6 is 11.6 Å². The summed E-state index contributed by atoms with van der Waals surface area (Å²) in [5, 5.41) is 13.6. The second kappa shape index (κ2) is 5.13. The van der Waals surface area contributed by atoms with Crippen molar-refractivity contribution in [1.29, 1.82) is 0 Å². The highest BCUT2D eigenvalue weighted by Gasteiger charge is 2.26.